The standard InChI is InChI=1S/C20H31ClN2O6S2/c21-19-4-3-18(30(24,25)15-1-5-22-7-11-28-12-8-22)17-20(19)31(26,27)16-2-6-23-9-13-29-14-10-23/h3-4,17H,1-2,5-16H2. The van der Waals surface area contributed by atoms with Crippen molar-refractivity contribution < 1.29 is 26.3 Å². The number of morpholine rings is 2. The highest BCUT2D eigenvalue weighted by Gasteiger charge is 2.23. The number of benzene rings is 1. The van der Waals surface area contributed by atoms with Crippen molar-refractivity contribution in [2.24, 2.45) is 0 Å². The van der Waals surface area contributed by atoms with Crippen molar-refractivity contribution in [3.05, 3.63) is 23.2 Å². The van der Waals surface area contributed by atoms with E-state index in [9.17, 15) is 16.8 Å². The van der Waals surface area contributed by atoms with Crippen molar-refractivity contribution in [1.82, 2.24) is 9.80 Å². The van der Waals surface area contributed by atoms with E-state index in [1.54, 1.807) is 0 Å². The molecule has 2 aliphatic heterocycles. The van der Waals surface area contributed by atoms with Gasteiger partial charge in [0, 0.05) is 26.2 Å². The van der Waals surface area contributed by atoms with Crippen molar-refractivity contribution in [2.75, 3.05) is 77.2 Å². The van der Waals surface area contributed by atoms with Crippen LogP contribution >= 0.6 is 11.6 Å². The lowest BCUT2D eigenvalue weighted by Crippen LogP contribution is -2.37. The second-order valence-electron chi connectivity index (χ2n) is 7.85. The fourth-order valence-corrected chi connectivity index (χ4v) is 7.01. The van der Waals surface area contributed by atoms with E-state index in [1.807, 2.05) is 0 Å². The molecule has 0 aliphatic carbocycles. The molecule has 1 aromatic carbocycles. The van der Waals surface area contributed by atoms with Gasteiger partial charge in [0.2, 0.25) is 0 Å². The molecule has 0 amide bonds. The minimum atomic E-state index is -3.69. The third-order valence-corrected chi connectivity index (χ3v) is 9.65. The Balaban J connectivity index is 1.60. The Labute approximate surface area is 190 Å². The van der Waals surface area contributed by atoms with Crippen LogP contribution in [0.15, 0.2) is 28.0 Å². The number of halogens is 1. The Morgan fingerprint density at radius 3 is 1.77 bits per heavy atom. The lowest BCUT2D eigenvalue weighted by atomic mass is 10.3. The van der Waals surface area contributed by atoms with Crippen LogP contribution < -0.4 is 0 Å². The van der Waals surface area contributed by atoms with Crippen molar-refractivity contribution >= 4 is 31.3 Å². The summed E-state index contributed by atoms with van der Waals surface area (Å²) in [6.07, 6.45) is 0.932. The molecule has 0 spiro atoms. The van der Waals surface area contributed by atoms with Crippen LogP contribution in [0.25, 0.3) is 0 Å². The predicted octanol–water partition coefficient (Wildman–Crippen LogP) is 1.33. The molecule has 2 fully saturated rings. The molecule has 0 N–H and O–H groups in total. The molecule has 2 heterocycles. The van der Waals surface area contributed by atoms with Gasteiger partial charge in [-0.1, -0.05) is 11.6 Å². The molecule has 11 heteroatoms. The molecule has 0 atom stereocenters. The van der Waals surface area contributed by atoms with E-state index in [0.717, 1.165) is 26.2 Å². The van der Waals surface area contributed by atoms with Crippen LogP contribution in [0.5, 0.6) is 0 Å². The number of hydrogen-bond donors (Lipinski definition) is 0. The summed E-state index contributed by atoms with van der Waals surface area (Å²) in [4.78, 5) is 4.23. The molecule has 2 aliphatic rings. The van der Waals surface area contributed by atoms with Gasteiger partial charge >= 0.3 is 0 Å². The van der Waals surface area contributed by atoms with E-state index in [-0.39, 0.29) is 26.3 Å². The molecule has 0 radical (unpaired) electrons. The van der Waals surface area contributed by atoms with E-state index in [0.29, 0.717) is 52.4 Å². The fourth-order valence-electron chi connectivity index (χ4n) is 3.75. The molecule has 31 heavy (non-hydrogen) atoms. The monoisotopic (exact) mass is 494 g/mol. The van der Waals surface area contributed by atoms with Gasteiger partial charge in [0.1, 0.15) is 0 Å². The predicted molar refractivity (Wildman–Crippen MR) is 119 cm³/mol. The Morgan fingerprint density at radius 1 is 0.774 bits per heavy atom. The molecule has 0 unspecified atom stereocenters. The minimum absolute atomic E-state index is 0.00521. The normalized spacial score (nSPS) is 19.5. The summed E-state index contributed by atoms with van der Waals surface area (Å²) in [5.74, 6) is -0.118. The molecular weight excluding hydrogens is 464 g/mol. The smallest absolute Gasteiger partial charge is 0.179 e. The highest BCUT2D eigenvalue weighted by Crippen LogP contribution is 2.27. The first-order valence-electron chi connectivity index (χ1n) is 10.6. The summed E-state index contributed by atoms with van der Waals surface area (Å²) in [6.45, 7) is 7.14. The fraction of sp³-hybridized carbons (Fsp3) is 0.700. The molecule has 2 saturated heterocycles. The van der Waals surface area contributed by atoms with Gasteiger partial charge < -0.3 is 9.47 Å². The van der Waals surface area contributed by atoms with Gasteiger partial charge in [-0.05, 0) is 44.1 Å². The van der Waals surface area contributed by atoms with E-state index >= 15 is 0 Å². The number of nitrogens with zero attached hydrogens (tertiary/aromatic N) is 2. The second kappa shape index (κ2) is 11.4. The zero-order valence-electron chi connectivity index (χ0n) is 17.7. The van der Waals surface area contributed by atoms with Gasteiger partial charge in [-0.25, -0.2) is 16.8 Å². The Kier molecular flexibility index (Phi) is 9.15. The number of ether oxygens (including phenoxy) is 2. The lowest BCUT2D eigenvalue weighted by molar-refractivity contribution is 0.0380. The van der Waals surface area contributed by atoms with Gasteiger partial charge in [-0.3, -0.25) is 9.80 Å². The first kappa shape index (κ1) is 24.9. The third kappa shape index (κ3) is 7.38. The number of rotatable bonds is 10. The van der Waals surface area contributed by atoms with Gasteiger partial charge in [0.25, 0.3) is 0 Å². The van der Waals surface area contributed by atoms with Crippen molar-refractivity contribution in [3.63, 3.8) is 0 Å². The van der Waals surface area contributed by atoms with Crippen LogP contribution in [0.1, 0.15) is 12.8 Å². The molecule has 1 aromatic rings. The first-order chi connectivity index (χ1) is 14.8. The van der Waals surface area contributed by atoms with Gasteiger partial charge in [0.15, 0.2) is 19.7 Å². The highest BCUT2D eigenvalue weighted by molar-refractivity contribution is 7.92. The molecular formula is C20H31ClN2O6S2. The van der Waals surface area contributed by atoms with E-state index in [4.69, 9.17) is 21.1 Å². The van der Waals surface area contributed by atoms with Crippen molar-refractivity contribution in [2.45, 2.75) is 22.6 Å². The largest absolute Gasteiger partial charge is 0.379 e. The molecule has 176 valence electrons. The van der Waals surface area contributed by atoms with Gasteiger partial charge in [-0.2, -0.15) is 0 Å². The van der Waals surface area contributed by atoms with Crippen LogP contribution in [0.4, 0.5) is 0 Å². The van der Waals surface area contributed by atoms with E-state index < -0.39 is 19.7 Å². The van der Waals surface area contributed by atoms with Crippen LogP contribution in [0.3, 0.4) is 0 Å². The summed E-state index contributed by atoms with van der Waals surface area (Å²) in [5, 5.41) is 0.0543. The van der Waals surface area contributed by atoms with E-state index in [1.165, 1.54) is 18.2 Å². The Hall–Kier alpha value is -0.750. The Morgan fingerprint density at radius 2 is 1.26 bits per heavy atom. The molecule has 3 rings (SSSR count). The van der Waals surface area contributed by atoms with Crippen molar-refractivity contribution in [3.8, 4) is 0 Å². The molecule has 0 bridgehead atoms. The summed E-state index contributed by atoms with van der Waals surface area (Å²) < 4.78 is 61.9. The topological polar surface area (TPSA) is 93.2 Å². The lowest BCUT2D eigenvalue weighted by Gasteiger charge is -2.26. The first-order valence-corrected chi connectivity index (χ1v) is 14.3. The average molecular weight is 495 g/mol. The second-order valence-corrected chi connectivity index (χ2v) is 12.4. The third-order valence-electron chi connectivity index (χ3n) is 5.58. The summed E-state index contributed by atoms with van der Waals surface area (Å²) >= 11 is 6.14. The van der Waals surface area contributed by atoms with Crippen LogP contribution in [0, 0.1) is 0 Å². The van der Waals surface area contributed by atoms with Gasteiger partial charge in [-0.15, -0.1) is 0 Å². The molecule has 0 aromatic heterocycles. The van der Waals surface area contributed by atoms with Crippen LogP contribution in [-0.4, -0.2) is 104 Å². The summed E-state index contributed by atoms with van der Waals surface area (Å²) in [7, 11) is -7.29. The quantitative estimate of drug-likeness (QED) is 0.481. The number of sulfone groups is 2. The number of hydrogen-bond acceptors (Lipinski definition) is 8. The van der Waals surface area contributed by atoms with Crippen LogP contribution in [0.2, 0.25) is 5.02 Å². The summed E-state index contributed by atoms with van der Waals surface area (Å²) in [6, 6.07) is 3.97. The highest BCUT2D eigenvalue weighted by atomic mass is 35.5. The van der Waals surface area contributed by atoms with Crippen LogP contribution in [-0.2, 0) is 29.1 Å². The molecule has 0 saturated carbocycles. The zero-order chi connectivity index (χ0) is 22.3. The maximum Gasteiger partial charge on any atom is 0.179 e. The van der Waals surface area contributed by atoms with Crippen molar-refractivity contribution in [1.29, 1.82) is 0 Å². The van der Waals surface area contributed by atoms with E-state index in [2.05, 4.69) is 9.80 Å². The molecule has 8 nitrogen and oxygen atoms in total. The zero-order valence-corrected chi connectivity index (χ0v) is 20.1. The minimum Gasteiger partial charge on any atom is -0.379 e. The maximum absolute atomic E-state index is 12.9. The Bertz CT molecular complexity index is 927. The van der Waals surface area contributed by atoms with Gasteiger partial charge in [0.05, 0.1) is 52.7 Å². The maximum atomic E-state index is 12.9. The summed E-state index contributed by atoms with van der Waals surface area (Å²) in [5.41, 5.74) is 0. The average Bonchev–Trinajstić information content (AvgIpc) is 2.75. The SMILES string of the molecule is O=S(=O)(CCCN1CCOCC1)c1ccc(Cl)c(S(=O)(=O)CCCN2CCOCC2)c1.